The number of hydrazine groups is 1. The van der Waals surface area contributed by atoms with Crippen LogP contribution in [0.15, 0.2) is 36.4 Å². The van der Waals surface area contributed by atoms with Crippen molar-refractivity contribution in [3.8, 4) is 11.6 Å². The van der Waals surface area contributed by atoms with Gasteiger partial charge in [-0.3, -0.25) is 10.2 Å². The number of carbonyl (C=O) groups is 1. The molecule has 0 aliphatic heterocycles. The fourth-order valence-corrected chi connectivity index (χ4v) is 2.26. The number of ether oxygens (including phenoxy) is 1. The van der Waals surface area contributed by atoms with Crippen molar-refractivity contribution in [2.45, 2.75) is 13.5 Å². The summed E-state index contributed by atoms with van der Waals surface area (Å²) in [5, 5.41) is 24.4. The second-order valence-corrected chi connectivity index (χ2v) is 5.66. The van der Waals surface area contributed by atoms with Crippen molar-refractivity contribution >= 4 is 5.91 Å². The van der Waals surface area contributed by atoms with Gasteiger partial charge in [0, 0.05) is 12.6 Å². The van der Waals surface area contributed by atoms with Gasteiger partial charge in [-0.05, 0) is 37.3 Å². The third-order valence-corrected chi connectivity index (χ3v) is 3.70. The summed E-state index contributed by atoms with van der Waals surface area (Å²) in [6.45, 7) is 2.00. The molecule has 0 saturated heterocycles. The van der Waals surface area contributed by atoms with Crippen LogP contribution < -0.4 is 15.6 Å². The molecule has 28 heavy (non-hydrogen) atoms. The third-order valence-electron chi connectivity index (χ3n) is 3.70. The van der Waals surface area contributed by atoms with E-state index in [9.17, 15) is 9.18 Å². The first kappa shape index (κ1) is 19.3. The Kier molecular flexibility index (Phi) is 6.19. The number of aliphatic hydroxyl groups excluding tert-OH is 1. The van der Waals surface area contributed by atoms with Gasteiger partial charge < -0.3 is 9.84 Å². The van der Waals surface area contributed by atoms with Crippen molar-refractivity contribution in [3.05, 3.63) is 59.3 Å². The van der Waals surface area contributed by atoms with Gasteiger partial charge >= 0.3 is 0 Å². The van der Waals surface area contributed by atoms with E-state index >= 15 is 0 Å². The molecular weight excluding hydrogens is 369 g/mol. The second-order valence-electron chi connectivity index (χ2n) is 5.66. The fraction of sp³-hybridized carbons (Fsp3) is 0.235. The van der Waals surface area contributed by atoms with E-state index in [4.69, 9.17) is 9.84 Å². The summed E-state index contributed by atoms with van der Waals surface area (Å²) in [7, 11) is 0. The summed E-state index contributed by atoms with van der Waals surface area (Å²) in [6.07, 6.45) is 0. The van der Waals surface area contributed by atoms with Crippen LogP contribution in [-0.4, -0.2) is 49.4 Å². The van der Waals surface area contributed by atoms with Gasteiger partial charge in [0.05, 0.1) is 18.0 Å². The normalized spacial score (nSPS) is 10.7. The van der Waals surface area contributed by atoms with E-state index < -0.39 is 5.91 Å². The van der Waals surface area contributed by atoms with E-state index in [1.54, 1.807) is 23.7 Å². The molecule has 0 fully saturated rings. The maximum Gasteiger partial charge on any atom is 0.285 e. The van der Waals surface area contributed by atoms with E-state index in [0.29, 0.717) is 17.1 Å². The lowest BCUT2D eigenvalue weighted by molar-refractivity contribution is 0.0923. The highest BCUT2D eigenvalue weighted by Gasteiger charge is 2.13. The Morgan fingerprint density at radius 3 is 2.64 bits per heavy atom. The van der Waals surface area contributed by atoms with E-state index in [-0.39, 0.29) is 37.1 Å². The number of nitrogens with zero attached hydrogens (tertiary/aromatic N) is 5. The van der Waals surface area contributed by atoms with E-state index in [1.165, 1.54) is 24.3 Å². The van der Waals surface area contributed by atoms with Crippen molar-refractivity contribution in [2.75, 3.05) is 13.2 Å². The monoisotopic (exact) mass is 387 g/mol. The minimum atomic E-state index is -0.484. The standard InChI is InChI=1S/C17H18FN7O3/c1-11-15(25(24-20-11)13-4-2-12(18)3-5-13)10-28-16-7-6-14(21-22-16)17(27)23-19-8-9-26/h2-7,19,26H,8-10H2,1H3,(H,23,27). The Labute approximate surface area is 159 Å². The van der Waals surface area contributed by atoms with E-state index in [1.807, 2.05) is 0 Å². The van der Waals surface area contributed by atoms with Crippen LogP contribution in [0.4, 0.5) is 4.39 Å². The Hall–Kier alpha value is -3.44. The Bertz CT molecular complexity index is 929. The molecule has 0 bridgehead atoms. The molecule has 0 saturated carbocycles. The van der Waals surface area contributed by atoms with Crippen LogP contribution in [0.3, 0.4) is 0 Å². The van der Waals surface area contributed by atoms with Gasteiger partial charge in [0.25, 0.3) is 5.91 Å². The highest BCUT2D eigenvalue weighted by molar-refractivity contribution is 5.91. The molecule has 0 unspecified atom stereocenters. The molecule has 0 spiro atoms. The number of aliphatic hydroxyl groups is 1. The first-order chi connectivity index (χ1) is 13.6. The quantitative estimate of drug-likeness (QED) is 0.372. The number of hydrogen-bond donors (Lipinski definition) is 3. The van der Waals surface area contributed by atoms with Crippen molar-refractivity contribution < 1.29 is 19.0 Å². The zero-order chi connectivity index (χ0) is 19.9. The fourth-order valence-electron chi connectivity index (χ4n) is 2.26. The lowest BCUT2D eigenvalue weighted by Crippen LogP contribution is -2.39. The molecule has 0 atom stereocenters. The van der Waals surface area contributed by atoms with Crippen LogP contribution in [0.25, 0.3) is 5.69 Å². The van der Waals surface area contributed by atoms with Crippen LogP contribution in [0.5, 0.6) is 5.88 Å². The molecule has 11 heteroatoms. The number of nitrogens with one attached hydrogen (secondary N) is 2. The van der Waals surface area contributed by atoms with Crippen LogP contribution in [0, 0.1) is 12.7 Å². The number of amides is 1. The Balaban J connectivity index is 1.65. The summed E-state index contributed by atoms with van der Waals surface area (Å²) >= 11 is 0. The maximum atomic E-state index is 13.1. The highest BCUT2D eigenvalue weighted by atomic mass is 19.1. The van der Waals surface area contributed by atoms with Crippen LogP contribution >= 0.6 is 0 Å². The zero-order valence-corrected chi connectivity index (χ0v) is 15.0. The predicted octanol–water partition coefficient (Wildman–Crippen LogP) is 0.311. The molecule has 3 aromatic rings. The predicted molar refractivity (Wildman–Crippen MR) is 95.0 cm³/mol. The summed E-state index contributed by atoms with van der Waals surface area (Å²) in [4.78, 5) is 11.8. The number of carbonyl (C=O) groups excluding carboxylic acids is 1. The summed E-state index contributed by atoms with van der Waals surface area (Å²) < 4.78 is 20.3. The molecular formula is C17H18FN7O3. The van der Waals surface area contributed by atoms with Crippen LogP contribution in [0.2, 0.25) is 0 Å². The first-order valence-electron chi connectivity index (χ1n) is 8.36. The molecule has 2 aromatic heterocycles. The molecule has 10 nitrogen and oxygen atoms in total. The topological polar surface area (TPSA) is 127 Å². The van der Waals surface area contributed by atoms with Crippen molar-refractivity contribution in [1.82, 2.24) is 36.0 Å². The first-order valence-corrected chi connectivity index (χ1v) is 8.36. The summed E-state index contributed by atoms with van der Waals surface area (Å²) in [5.41, 5.74) is 6.97. The van der Waals surface area contributed by atoms with E-state index in [2.05, 4.69) is 31.4 Å². The molecule has 146 valence electrons. The second kappa shape index (κ2) is 8.97. The number of aromatic nitrogens is 5. The van der Waals surface area contributed by atoms with Gasteiger partial charge in [-0.2, -0.15) is 0 Å². The van der Waals surface area contributed by atoms with Gasteiger partial charge in [-0.25, -0.2) is 14.5 Å². The van der Waals surface area contributed by atoms with Crippen molar-refractivity contribution in [2.24, 2.45) is 0 Å². The number of aryl methyl sites for hydroxylation is 1. The molecule has 1 aromatic carbocycles. The number of hydrogen-bond acceptors (Lipinski definition) is 8. The molecule has 0 aliphatic carbocycles. The molecule has 1 amide bonds. The highest BCUT2D eigenvalue weighted by Crippen LogP contribution is 2.15. The summed E-state index contributed by atoms with van der Waals surface area (Å²) in [6, 6.07) is 8.81. The summed E-state index contributed by atoms with van der Waals surface area (Å²) in [5.74, 6) is -0.614. The van der Waals surface area contributed by atoms with Gasteiger partial charge in [0.15, 0.2) is 5.69 Å². The van der Waals surface area contributed by atoms with E-state index in [0.717, 1.165) is 0 Å². The average molecular weight is 387 g/mol. The van der Waals surface area contributed by atoms with Gasteiger partial charge in [0.1, 0.15) is 18.1 Å². The molecule has 2 heterocycles. The van der Waals surface area contributed by atoms with Crippen molar-refractivity contribution in [1.29, 1.82) is 0 Å². The van der Waals surface area contributed by atoms with Crippen molar-refractivity contribution in [3.63, 3.8) is 0 Å². The third kappa shape index (κ3) is 4.64. The number of rotatable bonds is 8. The molecule has 3 rings (SSSR count). The SMILES string of the molecule is Cc1nnn(-c2ccc(F)cc2)c1COc1ccc(C(=O)NNCCO)nn1. The van der Waals surface area contributed by atoms with Gasteiger partial charge in [0.2, 0.25) is 5.88 Å². The molecule has 3 N–H and O–H groups in total. The Morgan fingerprint density at radius 2 is 1.96 bits per heavy atom. The zero-order valence-electron chi connectivity index (χ0n) is 15.0. The smallest absolute Gasteiger partial charge is 0.285 e. The maximum absolute atomic E-state index is 13.1. The number of benzene rings is 1. The lowest BCUT2D eigenvalue weighted by atomic mass is 10.3. The average Bonchev–Trinajstić information content (AvgIpc) is 3.08. The molecule has 0 radical (unpaired) electrons. The van der Waals surface area contributed by atoms with Gasteiger partial charge in [-0.15, -0.1) is 15.3 Å². The van der Waals surface area contributed by atoms with Gasteiger partial charge in [-0.1, -0.05) is 5.21 Å². The Morgan fingerprint density at radius 1 is 1.18 bits per heavy atom. The van der Waals surface area contributed by atoms with Crippen LogP contribution in [-0.2, 0) is 6.61 Å². The largest absolute Gasteiger partial charge is 0.470 e. The minimum absolute atomic E-state index is 0.0898. The lowest BCUT2D eigenvalue weighted by Gasteiger charge is -2.09. The molecule has 0 aliphatic rings. The van der Waals surface area contributed by atoms with Crippen LogP contribution in [0.1, 0.15) is 21.9 Å². The number of halogens is 1. The minimum Gasteiger partial charge on any atom is -0.470 e.